The molecule has 1 atom stereocenters. The Balaban J connectivity index is 1.45. The number of carbonyl (C=O) groups excluding carboxylic acids is 7. The molecule has 0 bridgehead atoms. The second kappa shape index (κ2) is 14.3. The first kappa shape index (κ1) is 38.6. The molecule has 294 valence electrons. The normalized spacial score (nSPS) is 13.3. The first-order valence-electron chi connectivity index (χ1n) is 18.1. The SMILES string of the molecule is CNC(=O)c1cc(-c2ccc3c(OC)c(-c4cc5c6c(c(C#N)cc(C=O)c6c4C=O)C(=O)NC5=O)ccc3c2OC)c2c3c(cc(C#N)c(C(C)OC)c13)C(=O)NC2=O. The first-order valence-corrected chi connectivity index (χ1v) is 18.1. The van der Waals surface area contributed by atoms with Crippen molar-refractivity contribution < 1.29 is 47.8 Å². The van der Waals surface area contributed by atoms with Crippen molar-refractivity contribution in [3.05, 3.63) is 104 Å². The summed E-state index contributed by atoms with van der Waals surface area (Å²) < 4.78 is 17.6. The molecule has 0 saturated heterocycles. The molecule has 5 amide bonds. The van der Waals surface area contributed by atoms with Crippen molar-refractivity contribution in [1.82, 2.24) is 16.0 Å². The van der Waals surface area contributed by atoms with E-state index in [4.69, 9.17) is 14.2 Å². The number of hydrogen-bond acceptors (Lipinski definition) is 12. The quantitative estimate of drug-likeness (QED) is 0.118. The van der Waals surface area contributed by atoms with E-state index in [0.29, 0.717) is 40.0 Å². The molecule has 0 aromatic heterocycles. The Labute approximate surface area is 339 Å². The molecule has 0 fully saturated rings. The lowest BCUT2D eigenvalue weighted by atomic mass is 9.81. The van der Waals surface area contributed by atoms with Gasteiger partial charge in [-0.05, 0) is 66.6 Å². The van der Waals surface area contributed by atoms with Crippen LogP contribution >= 0.6 is 0 Å². The third kappa shape index (κ3) is 5.27. The smallest absolute Gasteiger partial charge is 0.260 e. The number of ether oxygens (including phenoxy) is 3. The van der Waals surface area contributed by atoms with Crippen LogP contribution < -0.4 is 25.4 Å². The number of nitriles is 2. The predicted molar refractivity (Wildman–Crippen MR) is 216 cm³/mol. The molecule has 15 nitrogen and oxygen atoms in total. The number of fused-ring (bicyclic) bond motifs is 1. The van der Waals surface area contributed by atoms with E-state index in [0.717, 1.165) is 0 Å². The van der Waals surface area contributed by atoms with Gasteiger partial charge in [-0.2, -0.15) is 10.5 Å². The molecule has 0 aliphatic carbocycles. The van der Waals surface area contributed by atoms with Gasteiger partial charge in [0.2, 0.25) is 0 Å². The maximum atomic E-state index is 13.9. The van der Waals surface area contributed by atoms with Gasteiger partial charge in [-0.3, -0.25) is 44.2 Å². The molecule has 2 aliphatic rings. The highest BCUT2D eigenvalue weighted by Crippen LogP contribution is 2.49. The lowest BCUT2D eigenvalue weighted by Gasteiger charge is -2.26. The van der Waals surface area contributed by atoms with Crippen LogP contribution in [0.25, 0.3) is 54.6 Å². The van der Waals surface area contributed by atoms with Gasteiger partial charge in [0.05, 0.1) is 48.6 Å². The number of amides is 5. The molecule has 0 saturated carbocycles. The molecule has 60 heavy (non-hydrogen) atoms. The van der Waals surface area contributed by atoms with Crippen molar-refractivity contribution in [2.24, 2.45) is 0 Å². The minimum Gasteiger partial charge on any atom is -0.495 e. The highest BCUT2D eigenvalue weighted by molar-refractivity contribution is 6.32. The minimum absolute atomic E-state index is 0.00108. The lowest BCUT2D eigenvalue weighted by Crippen LogP contribution is -2.36. The fraction of sp³-hybridized carbons (Fsp3) is 0.133. The van der Waals surface area contributed by atoms with Crippen LogP contribution in [0.1, 0.15) is 102 Å². The van der Waals surface area contributed by atoms with Crippen LogP contribution in [0.4, 0.5) is 0 Å². The van der Waals surface area contributed by atoms with Gasteiger partial charge in [0.15, 0.2) is 12.6 Å². The van der Waals surface area contributed by atoms with Crippen molar-refractivity contribution >= 4 is 74.4 Å². The zero-order chi connectivity index (χ0) is 42.9. The molecular formula is C45H29N5O10. The van der Waals surface area contributed by atoms with Crippen LogP contribution in [0.2, 0.25) is 0 Å². The maximum absolute atomic E-state index is 13.9. The minimum atomic E-state index is -0.845. The van der Waals surface area contributed by atoms with Gasteiger partial charge in [-0.15, -0.1) is 0 Å². The molecule has 2 heterocycles. The Morgan fingerprint density at radius 2 is 1.23 bits per heavy atom. The van der Waals surface area contributed by atoms with E-state index in [1.54, 1.807) is 31.2 Å². The number of methoxy groups -OCH3 is 3. The van der Waals surface area contributed by atoms with Crippen LogP contribution in [0.3, 0.4) is 0 Å². The van der Waals surface area contributed by atoms with E-state index in [2.05, 4.69) is 22.0 Å². The Morgan fingerprint density at radius 1 is 0.667 bits per heavy atom. The molecule has 6 aromatic carbocycles. The Bertz CT molecular complexity index is 3170. The summed E-state index contributed by atoms with van der Waals surface area (Å²) in [6.07, 6.45) is 0.213. The van der Waals surface area contributed by atoms with Crippen LogP contribution in [0.5, 0.6) is 11.5 Å². The van der Waals surface area contributed by atoms with Crippen molar-refractivity contribution in [2.45, 2.75) is 13.0 Å². The second-order valence-electron chi connectivity index (χ2n) is 13.9. The van der Waals surface area contributed by atoms with E-state index in [9.17, 15) is 44.1 Å². The van der Waals surface area contributed by atoms with Crippen LogP contribution in [-0.2, 0) is 4.74 Å². The molecule has 1 unspecified atom stereocenters. The number of benzene rings is 6. The number of aldehydes is 2. The van der Waals surface area contributed by atoms with Crippen molar-refractivity contribution in [3.8, 4) is 45.9 Å². The molecule has 2 aliphatic heterocycles. The zero-order valence-electron chi connectivity index (χ0n) is 32.3. The summed E-state index contributed by atoms with van der Waals surface area (Å²) in [5, 5.41) is 28.5. The Hall–Kier alpha value is -8.27. The van der Waals surface area contributed by atoms with E-state index in [-0.39, 0.29) is 94.2 Å². The van der Waals surface area contributed by atoms with Gasteiger partial charge in [0, 0.05) is 91.0 Å². The third-order valence-electron chi connectivity index (χ3n) is 11.1. The van der Waals surface area contributed by atoms with Crippen molar-refractivity contribution in [2.75, 3.05) is 28.4 Å². The number of nitrogens with one attached hydrogen (secondary N) is 3. The monoisotopic (exact) mass is 799 g/mol. The van der Waals surface area contributed by atoms with Crippen LogP contribution in [0.15, 0.2) is 48.5 Å². The third-order valence-corrected chi connectivity index (χ3v) is 11.1. The van der Waals surface area contributed by atoms with Crippen molar-refractivity contribution in [1.29, 1.82) is 10.5 Å². The number of carbonyl (C=O) groups is 7. The van der Waals surface area contributed by atoms with Gasteiger partial charge in [-0.1, -0.05) is 0 Å². The number of rotatable bonds is 9. The number of hydrogen-bond donors (Lipinski definition) is 3. The largest absolute Gasteiger partial charge is 0.495 e. The Kier molecular flexibility index (Phi) is 9.19. The highest BCUT2D eigenvalue weighted by atomic mass is 16.5. The molecule has 8 rings (SSSR count). The van der Waals surface area contributed by atoms with E-state index in [1.807, 2.05) is 6.07 Å². The summed E-state index contributed by atoms with van der Waals surface area (Å²) in [6.45, 7) is 1.68. The molecular weight excluding hydrogens is 771 g/mol. The summed E-state index contributed by atoms with van der Waals surface area (Å²) in [7, 11) is 5.66. The van der Waals surface area contributed by atoms with Gasteiger partial charge < -0.3 is 19.5 Å². The second-order valence-corrected chi connectivity index (χ2v) is 13.9. The molecule has 0 radical (unpaired) electrons. The average molecular weight is 800 g/mol. The van der Waals surface area contributed by atoms with Gasteiger partial charge >= 0.3 is 0 Å². The predicted octanol–water partition coefficient (Wildman–Crippen LogP) is 5.70. The fourth-order valence-electron chi connectivity index (χ4n) is 8.55. The maximum Gasteiger partial charge on any atom is 0.260 e. The summed E-state index contributed by atoms with van der Waals surface area (Å²) in [5.74, 6) is -3.28. The molecule has 6 aromatic rings. The van der Waals surface area contributed by atoms with E-state index in [1.165, 1.54) is 52.6 Å². The van der Waals surface area contributed by atoms with Crippen molar-refractivity contribution in [3.63, 3.8) is 0 Å². The zero-order valence-corrected chi connectivity index (χ0v) is 32.3. The highest BCUT2D eigenvalue weighted by Gasteiger charge is 2.36. The topological polar surface area (TPSA) is 231 Å². The molecule has 0 spiro atoms. The van der Waals surface area contributed by atoms with E-state index >= 15 is 0 Å². The van der Waals surface area contributed by atoms with Crippen LogP contribution in [-0.4, -0.2) is 70.5 Å². The summed E-state index contributed by atoms with van der Waals surface area (Å²) in [6, 6.07) is 16.0. The fourth-order valence-corrected chi connectivity index (χ4v) is 8.55. The molecule has 15 heteroatoms. The van der Waals surface area contributed by atoms with Gasteiger partial charge in [0.25, 0.3) is 29.5 Å². The molecule has 3 N–H and O–H groups in total. The van der Waals surface area contributed by atoms with Gasteiger partial charge in [-0.25, -0.2) is 0 Å². The Morgan fingerprint density at radius 3 is 1.77 bits per heavy atom. The van der Waals surface area contributed by atoms with Gasteiger partial charge in [0.1, 0.15) is 17.6 Å². The summed E-state index contributed by atoms with van der Waals surface area (Å²) in [5.41, 5.74) is 1.11. The van der Waals surface area contributed by atoms with E-state index < -0.39 is 35.6 Å². The lowest BCUT2D eigenvalue weighted by molar-refractivity contribution is 0.0828. The standard InChI is InChI=1S/C45H29N5O10/c1-18(58-3)32-20(15-47)11-28-37-35(32)29(41(53)48-2)13-27(38(37)45(57)50-42(28)54)25-9-7-22-23(40(25)60-5)6-8-24(39(22)59-4)26-12-30-36-33(31(26)17-52)21(16-51)10-19(14-46)34(36)44(56)49-43(30)55/h6-13,16-18H,1-5H3,(H,48,53)(H,49,55,56)(H,50,54,57). The van der Waals surface area contributed by atoms with Crippen LogP contribution in [0, 0.1) is 22.7 Å². The first-order chi connectivity index (χ1) is 28.9. The summed E-state index contributed by atoms with van der Waals surface area (Å²) >= 11 is 0. The number of imide groups is 2. The summed E-state index contributed by atoms with van der Waals surface area (Å²) in [4.78, 5) is 92.8. The average Bonchev–Trinajstić information content (AvgIpc) is 3.26. The number of nitrogens with zero attached hydrogens (tertiary/aromatic N) is 2.